The predicted molar refractivity (Wildman–Crippen MR) is 55.9 cm³/mol. The van der Waals surface area contributed by atoms with Gasteiger partial charge in [0.05, 0.1) is 6.26 Å². The van der Waals surface area contributed by atoms with Crippen molar-refractivity contribution in [1.29, 1.82) is 0 Å². The molecule has 1 aromatic rings. The number of aromatic carboxylic acids is 1. The van der Waals surface area contributed by atoms with Gasteiger partial charge in [-0.25, -0.2) is 4.79 Å². The van der Waals surface area contributed by atoms with Crippen molar-refractivity contribution in [3.63, 3.8) is 0 Å². The summed E-state index contributed by atoms with van der Waals surface area (Å²) in [5.74, 6) is -0.228. The van der Waals surface area contributed by atoms with Crippen LogP contribution in [0.1, 0.15) is 36.7 Å². The van der Waals surface area contributed by atoms with Gasteiger partial charge >= 0.3 is 5.97 Å². The summed E-state index contributed by atoms with van der Waals surface area (Å²) in [6.07, 6.45) is 5.05. The van der Waals surface area contributed by atoms with Gasteiger partial charge in [-0.1, -0.05) is 19.8 Å². The second-order valence-electron chi connectivity index (χ2n) is 2.68. The van der Waals surface area contributed by atoms with E-state index in [0.717, 1.165) is 5.88 Å². The molecule has 0 aliphatic heterocycles. The highest BCUT2D eigenvalue weighted by Gasteiger charge is 2.01. The Balaban J connectivity index is 0.000000255. The molecule has 14 heavy (non-hydrogen) atoms. The molecule has 0 aliphatic carbocycles. The number of carbonyl (C=O) groups is 1. The van der Waals surface area contributed by atoms with E-state index >= 15 is 0 Å². The molecule has 0 bridgehead atoms. The van der Waals surface area contributed by atoms with Gasteiger partial charge < -0.3 is 9.52 Å². The molecule has 1 rings (SSSR count). The number of hydrogen-bond acceptors (Lipinski definition) is 2. The Bertz CT molecular complexity index is 228. The first-order valence-corrected chi connectivity index (χ1v) is 5.08. The molecule has 0 radical (unpaired) electrons. The number of hydrogen-bond donors (Lipinski definition) is 1. The number of alkyl halides is 1. The Hall–Kier alpha value is -0.960. The molecule has 1 heterocycles. The van der Waals surface area contributed by atoms with Crippen LogP contribution >= 0.6 is 11.6 Å². The summed E-state index contributed by atoms with van der Waals surface area (Å²) < 4.78 is 4.50. The van der Waals surface area contributed by atoms with Gasteiger partial charge in [0.15, 0.2) is 0 Å². The fourth-order valence-corrected chi connectivity index (χ4v) is 0.934. The smallest absolute Gasteiger partial charge is 0.371 e. The molecule has 0 atom stereocenters. The van der Waals surface area contributed by atoms with Crippen LogP contribution in [0.2, 0.25) is 0 Å². The van der Waals surface area contributed by atoms with E-state index in [4.69, 9.17) is 16.7 Å². The number of unbranched alkanes of at least 4 members (excludes halogenated alkanes) is 2. The normalized spacial score (nSPS) is 9.00. The average molecular weight is 219 g/mol. The Labute approximate surface area is 88.7 Å². The zero-order valence-electron chi connectivity index (χ0n) is 8.20. The van der Waals surface area contributed by atoms with Gasteiger partial charge in [0.1, 0.15) is 0 Å². The number of furan rings is 1. The molecule has 3 nitrogen and oxygen atoms in total. The Morgan fingerprint density at radius 3 is 2.50 bits per heavy atom. The molecule has 0 amide bonds. The van der Waals surface area contributed by atoms with Crippen molar-refractivity contribution in [1.82, 2.24) is 0 Å². The minimum absolute atomic E-state index is 0.0231. The monoisotopic (exact) mass is 218 g/mol. The quantitative estimate of drug-likeness (QED) is 0.623. The molecule has 0 fully saturated rings. The van der Waals surface area contributed by atoms with E-state index in [2.05, 4.69) is 11.3 Å². The van der Waals surface area contributed by atoms with E-state index in [0.29, 0.717) is 0 Å². The lowest BCUT2D eigenvalue weighted by molar-refractivity contribution is 0.0662. The molecule has 0 aliphatic rings. The van der Waals surface area contributed by atoms with Gasteiger partial charge in [0.25, 0.3) is 0 Å². The third-order valence-electron chi connectivity index (χ3n) is 1.47. The van der Waals surface area contributed by atoms with E-state index in [1.807, 2.05) is 0 Å². The van der Waals surface area contributed by atoms with Crippen LogP contribution in [0.15, 0.2) is 22.8 Å². The van der Waals surface area contributed by atoms with Gasteiger partial charge in [-0.2, -0.15) is 0 Å². The maximum absolute atomic E-state index is 9.97. The average Bonchev–Trinajstić information content (AvgIpc) is 2.68. The predicted octanol–water partition coefficient (Wildman–Crippen LogP) is 3.39. The summed E-state index contributed by atoms with van der Waals surface area (Å²) in [5, 5.41) is 8.18. The number of carboxylic acids is 1. The van der Waals surface area contributed by atoms with E-state index in [1.165, 1.54) is 37.7 Å². The van der Waals surface area contributed by atoms with Crippen LogP contribution in [0, 0.1) is 0 Å². The first kappa shape index (κ1) is 13.0. The van der Waals surface area contributed by atoms with Crippen LogP contribution in [0.25, 0.3) is 0 Å². The lowest BCUT2D eigenvalue weighted by atomic mass is 10.3. The maximum Gasteiger partial charge on any atom is 0.371 e. The first-order valence-electron chi connectivity index (χ1n) is 4.55. The fourth-order valence-electron chi connectivity index (χ4n) is 0.745. The van der Waals surface area contributed by atoms with E-state index in [1.54, 1.807) is 0 Å². The first-order chi connectivity index (χ1) is 6.72. The van der Waals surface area contributed by atoms with Crippen molar-refractivity contribution < 1.29 is 14.3 Å². The molecule has 0 spiro atoms. The lowest BCUT2D eigenvalue weighted by Crippen LogP contribution is -1.90. The summed E-state index contributed by atoms with van der Waals surface area (Å²) in [7, 11) is 0. The zero-order valence-corrected chi connectivity index (χ0v) is 8.96. The third kappa shape index (κ3) is 6.54. The molecule has 4 heteroatoms. The highest BCUT2D eigenvalue weighted by Crippen LogP contribution is 1.97. The van der Waals surface area contributed by atoms with Crippen molar-refractivity contribution in [3.05, 3.63) is 24.2 Å². The van der Waals surface area contributed by atoms with Crippen LogP contribution in [-0.2, 0) is 0 Å². The summed E-state index contributed by atoms with van der Waals surface area (Å²) >= 11 is 5.38. The molecule has 1 aromatic heterocycles. The van der Waals surface area contributed by atoms with Crippen molar-refractivity contribution in [2.24, 2.45) is 0 Å². The van der Waals surface area contributed by atoms with Crippen molar-refractivity contribution in [2.45, 2.75) is 26.2 Å². The zero-order chi connectivity index (χ0) is 10.8. The lowest BCUT2D eigenvalue weighted by Gasteiger charge is -1.84. The van der Waals surface area contributed by atoms with Crippen molar-refractivity contribution >= 4 is 17.6 Å². The van der Waals surface area contributed by atoms with E-state index in [-0.39, 0.29) is 5.76 Å². The summed E-state index contributed by atoms with van der Waals surface area (Å²) in [6.45, 7) is 2.17. The second kappa shape index (κ2) is 8.63. The molecule has 1 N–H and O–H groups in total. The highest BCUT2D eigenvalue weighted by atomic mass is 35.5. The molecule has 0 unspecified atom stereocenters. The molecular weight excluding hydrogens is 204 g/mol. The van der Waals surface area contributed by atoms with Crippen molar-refractivity contribution in [3.8, 4) is 0 Å². The SMILES string of the molecule is CCCCCCl.O=C(O)c1ccco1. The van der Waals surface area contributed by atoms with Crippen LogP contribution in [0.5, 0.6) is 0 Å². The van der Waals surface area contributed by atoms with Gasteiger partial charge in [-0.3, -0.25) is 0 Å². The number of halogens is 1. The fraction of sp³-hybridized carbons (Fsp3) is 0.500. The Morgan fingerprint density at radius 1 is 1.57 bits per heavy atom. The van der Waals surface area contributed by atoms with Crippen molar-refractivity contribution in [2.75, 3.05) is 5.88 Å². The molecule has 0 saturated carbocycles. The number of rotatable bonds is 4. The third-order valence-corrected chi connectivity index (χ3v) is 1.74. The standard InChI is InChI=1S/C5H11Cl.C5H4O3/c1-2-3-4-5-6;6-5(7)4-2-1-3-8-4/h2-5H2,1H3;1-3H,(H,6,7). The summed E-state index contributed by atoms with van der Waals surface area (Å²) in [4.78, 5) is 9.97. The highest BCUT2D eigenvalue weighted by molar-refractivity contribution is 6.17. The van der Waals surface area contributed by atoms with Crippen LogP contribution in [0.3, 0.4) is 0 Å². The van der Waals surface area contributed by atoms with Crippen LogP contribution in [-0.4, -0.2) is 17.0 Å². The molecule has 0 saturated heterocycles. The van der Waals surface area contributed by atoms with Crippen LogP contribution < -0.4 is 0 Å². The Morgan fingerprint density at radius 2 is 2.29 bits per heavy atom. The molecule has 0 aromatic carbocycles. The summed E-state index contributed by atoms with van der Waals surface area (Å²) in [5.41, 5.74) is 0. The van der Waals surface area contributed by atoms with Gasteiger partial charge in [-0.15, -0.1) is 11.6 Å². The minimum atomic E-state index is -1.03. The van der Waals surface area contributed by atoms with Gasteiger partial charge in [-0.05, 0) is 18.6 Å². The Kier molecular flexibility index (Phi) is 8.04. The number of carboxylic acid groups (broad SMARTS) is 1. The van der Waals surface area contributed by atoms with Crippen LogP contribution in [0.4, 0.5) is 0 Å². The van der Waals surface area contributed by atoms with Gasteiger partial charge in [0, 0.05) is 5.88 Å². The second-order valence-corrected chi connectivity index (χ2v) is 3.06. The van der Waals surface area contributed by atoms with E-state index in [9.17, 15) is 4.79 Å². The maximum atomic E-state index is 9.97. The minimum Gasteiger partial charge on any atom is -0.475 e. The van der Waals surface area contributed by atoms with E-state index < -0.39 is 5.97 Å². The molecular formula is C10H15ClO3. The molecule has 80 valence electrons. The summed E-state index contributed by atoms with van der Waals surface area (Å²) in [6, 6.07) is 2.92. The topological polar surface area (TPSA) is 50.4 Å². The van der Waals surface area contributed by atoms with Gasteiger partial charge in [0.2, 0.25) is 5.76 Å². The largest absolute Gasteiger partial charge is 0.475 e.